The van der Waals surface area contributed by atoms with Crippen LogP contribution in [0, 0.1) is 0 Å². The number of methoxy groups -OCH3 is 1. The molecule has 0 radical (unpaired) electrons. The number of carbonyl (C=O) groups is 2. The molecule has 3 aliphatic heterocycles. The Morgan fingerprint density at radius 1 is 1.15 bits per heavy atom. The van der Waals surface area contributed by atoms with Gasteiger partial charge in [0.15, 0.2) is 0 Å². The minimum Gasteiger partial charge on any atom is -0.495 e. The second kappa shape index (κ2) is 9.52. The van der Waals surface area contributed by atoms with Gasteiger partial charge in [-0.15, -0.1) is 0 Å². The number of benzene rings is 1. The Morgan fingerprint density at radius 3 is 2.76 bits per heavy atom. The van der Waals surface area contributed by atoms with Gasteiger partial charge in [-0.25, -0.2) is 0 Å². The highest BCUT2D eigenvalue weighted by atomic mass is 16.5. The predicted octanol–water partition coefficient (Wildman–Crippen LogP) is 1.59. The van der Waals surface area contributed by atoms with Gasteiger partial charge >= 0.3 is 0 Å². The van der Waals surface area contributed by atoms with Crippen molar-refractivity contribution in [1.29, 1.82) is 0 Å². The summed E-state index contributed by atoms with van der Waals surface area (Å²) < 4.78 is 7.76. The number of piperidine rings is 2. The first-order valence-electron chi connectivity index (χ1n) is 11.9. The summed E-state index contributed by atoms with van der Waals surface area (Å²) in [5, 5.41) is 13.8. The van der Waals surface area contributed by atoms with Gasteiger partial charge in [0, 0.05) is 26.1 Å². The van der Waals surface area contributed by atoms with Crippen LogP contribution in [-0.4, -0.2) is 59.3 Å². The Labute approximate surface area is 193 Å². The number of ether oxygens (including phenoxy) is 1. The number of aromatic nitrogens is 2. The number of fused-ring (bicyclic) bond motifs is 1. The molecule has 2 amide bonds. The molecule has 0 saturated carbocycles. The maximum absolute atomic E-state index is 12.1. The normalized spacial score (nSPS) is 22.0. The van der Waals surface area contributed by atoms with Gasteiger partial charge in [0.05, 0.1) is 30.7 Å². The molecular formula is C24H32N6O3. The van der Waals surface area contributed by atoms with Crippen LogP contribution in [0.5, 0.6) is 5.75 Å². The van der Waals surface area contributed by atoms with Crippen molar-refractivity contribution in [2.75, 3.05) is 32.1 Å². The number of nitrogens with one attached hydrogen (secondary N) is 3. The molecule has 2 saturated heterocycles. The molecule has 1 atom stereocenters. The fourth-order valence-electron chi connectivity index (χ4n) is 5.08. The minimum absolute atomic E-state index is 0.212. The summed E-state index contributed by atoms with van der Waals surface area (Å²) in [6, 6.07) is 8.03. The van der Waals surface area contributed by atoms with Crippen molar-refractivity contribution in [3.63, 3.8) is 0 Å². The van der Waals surface area contributed by atoms with E-state index in [1.54, 1.807) is 7.11 Å². The van der Waals surface area contributed by atoms with Gasteiger partial charge in [-0.1, -0.05) is 6.07 Å². The van der Waals surface area contributed by atoms with Gasteiger partial charge in [0.25, 0.3) is 0 Å². The Balaban J connectivity index is 1.18. The lowest BCUT2D eigenvalue weighted by Gasteiger charge is -2.32. The molecule has 5 rings (SSSR count). The molecule has 9 nitrogen and oxygen atoms in total. The summed E-state index contributed by atoms with van der Waals surface area (Å²) in [6.07, 6.45) is 3.03. The van der Waals surface area contributed by atoms with Gasteiger partial charge in [-0.05, 0) is 62.0 Å². The molecule has 0 aliphatic carbocycles. The first-order valence-corrected chi connectivity index (χ1v) is 11.9. The van der Waals surface area contributed by atoms with Crippen LogP contribution >= 0.6 is 0 Å². The Bertz CT molecular complexity index is 1000. The third-order valence-corrected chi connectivity index (χ3v) is 6.96. The van der Waals surface area contributed by atoms with Gasteiger partial charge < -0.3 is 15.4 Å². The fourth-order valence-corrected chi connectivity index (χ4v) is 5.08. The average Bonchev–Trinajstić information content (AvgIpc) is 3.24. The lowest BCUT2D eigenvalue weighted by atomic mass is 9.89. The second-order valence-corrected chi connectivity index (χ2v) is 9.19. The van der Waals surface area contributed by atoms with Crippen molar-refractivity contribution < 1.29 is 14.3 Å². The smallest absolute Gasteiger partial charge is 0.249 e. The lowest BCUT2D eigenvalue weighted by Crippen LogP contribution is -2.47. The Morgan fingerprint density at radius 2 is 2.00 bits per heavy atom. The van der Waals surface area contributed by atoms with Gasteiger partial charge in [-0.3, -0.25) is 24.5 Å². The standard InChI is InChI=1S/C24H32N6O3/c1-33-22-12-17(2-3-20(22)26-21-4-5-23(31)27-24(21)32)16-6-9-29(10-7-16)15-18-13-19-14-25-8-11-30(19)28-18/h2-3,12-13,16,21,25-26H,4-11,14-15H2,1H3,(H,27,31,32). The number of rotatable bonds is 6. The molecule has 1 aromatic heterocycles. The zero-order valence-corrected chi connectivity index (χ0v) is 19.1. The Hall–Kier alpha value is -2.91. The molecule has 2 aromatic rings. The van der Waals surface area contributed by atoms with E-state index in [-0.39, 0.29) is 11.8 Å². The molecule has 1 aromatic carbocycles. The van der Waals surface area contributed by atoms with E-state index in [2.05, 4.69) is 43.7 Å². The highest BCUT2D eigenvalue weighted by Gasteiger charge is 2.28. The van der Waals surface area contributed by atoms with Crippen LogP contribution in [0.15, 0.2) is 24.3 Å². The van der Waals surface area contributed by atoms with Crippen LogP contribution in [0.2, 0.25) is 0 Å². The largest absolute Gasteiger partial charge is 0.495 e. The average molecular weight is 453 g/mol. The van der Waals surface area contributed by atoms with Crippen LogP contribution in [0.1, 0.15) is 48.6 Å². The van der Waals surface area contributed by atoms with Crippen molar-refractivity contribution in [2.45, 2.75) is 57.3 Å². The molecule has 9 heteroatoms. The molecule has 3 aliphatic rings. The highest BCUT2D eigenvalue weighted by Crippen LogP contribution is 2.34. The number of amides is 2. The summed E-state index contributed by atoms with van der Waals surface area (Å²) in [5.41, 5.74) is 4.50. The SMILES string of the molecule is COc1cc(C2CCN(Cc3cc4n(n3)CCNC4)CC2)ccc1NC1CCC(=O)NC1=O. The van der Waals surface area contributed by atoms with Crippen LogP contribution in [0.3, 0.4) is 0 Å². The maximum Gasteiger partial charge on any atom is 0.249 e. The summed E-state index contributed by atoms with van der Waals surface area (Å²) >= 11 is 0. The zero-order valence-electron chi connectivity index (χ0n) is 19.1. The molecular weight excluding hydrogens is 420 g/mol. The highest BCUT2D eigenvalue weighted by molar-refractivity contribution is 6.01. The molecule has 176 valence electrons. The molecule has 0 bridgehead atoms. The third-order valence-electron chi connectivity index (χ3n) is 6.96. The molecule has 33 heavy (non-hydrogen) atoms. The maximum atomic E-state index is 12.1. The van der Waals surface area contributed by atoms with E-state index in [0.717, 1.165) is 69.2 Å². The number of carbonyl (C=O) groups excluding carboxylic acids is 2. The quantitative estimate of drug-likeness (QED) is 0.573. The van der Waals surface area contributed by atoms with Crippen molar-refractivity contribution in [3.8, 4) is 5.75 Å². The van der Waals surface area contributed by atoms with E-state index in [0.29, 0.717) is 18.8 Å². The monoisotopic (exact) mass is 452 g/mol. The third kappa shape index (κ3) is 4.89. The van der Waals surface area contributed by atoms with Crippen molar-refractivity contribution in [1.82, 2.24) is 25.3 Å². The van der Waals surface area contributed by atoms with E-state index in [9.17, 15) is 9.59 Å². The first-order chi connectivity index (χ1) is 16.1. The van der Waals surface area contributed by atoms with E-state index < -0.39 is 6.04 Å². The van der Waals surface area contributed by atoms with E-state index in [1.165, 1.54) is 11.3 Å². The van der Waals surface area contributed by atoms with E-state index >= 15 is 0 Å². The molecule has 4 heterocycles. The number of imide groups is 1. The van der Waals surface area contributed by atoms with Crippen molar-refractivity contribution in [3.05, 3.63) is 41.2 Å². The zero-order chi connectivity index (χ0) is 22.8. The molecule has 0 spiro atoms. The minimum atomic E-state index is -0.421. The van der Waals surface area contributed by atoms with E-state index in [1.807, 2.05) is 6.07 Å². The number of hydrogen-bond donors (Lipinski definition) is 3. The van der Waals surface area contributed by atoms with Crippen molar-refractivity contribution >= 4 is 17.5 Å². The van der Waals surface area contributed by atoms with Gasteiger partial charge in [-0.2, -0.15) is 5.10 Å². The van der Waals surface area contributed by atoms with Crippen LogP contribution in [0.4, 0.5) is 5.69 Å². The topological polar surface area (TPSA) is 101 Å². The number of anilines is 1. The lowest BCUT2D eigenvalue weighted by molar-refractivity contribution is -0.133. The van der Waals surface area contributed by atoms with Crippen molar-refractivity contribution in [2.24, 2.45) is 0 Å². The van der Waals surface area contributed by atoms with Crippen LogP contribution in [-0.2, 0) is 29.2 Å². The van der Waals surface area contributed by atoms with Gasteiger partial charge in [0.2, 0.25) is 11.8 Å². The fraction of sp³-hybridized carbons (Fsp3) is 0.542. The number of likely N-dealkylation sites (tertiary alicyclic amines) is 1. The number of nitrogens with zero attached hydrogens (tertiary/aromatic N) is 3. The summed E-state index contributed by atoms with van der Waals surface area (Å²) in [6.45, 7) is 5.85. The van der Waals surface area contributed by atoms with E-state index in [4.69, 9.17) is 9.84 Å². The van der Waals surface area contributed by atoms with Crippen LogP contribution < -0.4 is 20.7 Å². The van der Waals surface area contributed by atoms with Crippen LogP contribution in [0.25, 0.3) is 0 Å². The molecule has 2 fully saturated rings. The predicted molar refractivity (Wildman–Crippen MR) is 124 cm³/mol. The summed E-state index contributed by atoms with van der Waals surface area (Å²) in [5.74, 6) is 0.729. The molecule has 1 unspecified atom stereocenters. The molecule has 3 N–H and O–H groups in total. The summed E-state index contributed by atoms with van der Waals surface area (Å²) in [7, 11) is 1.65. The van der Waals surface area contributed by atoms with Gasteiger partial charge in [0.1, 0.15) is 11.8 Å². The first kappa shape index (κ1) is 21.9. The summed E-state index contributed by atoms with van der Waals surface area (Å²) in [4.78, 5) is 26.0. The second-order valence-electron chi connectivity index (χ2n) is 9.19. The number of hydrogen-bond acceptors (Lipinski definition) is 7. The Kier molecular flexibility index (Phi) is 6.32.